The predicted molar refractivity (Wildman–Crippen MR) is 59.5 cm³/mol. The Balaban J connectivity index is 1.96. The highest BCUT2D eigenvalue weighted by molar-refractivity contribution is 5.81. The van der Waals surface area contributed by atoms with Gasteiger partial charge in [0.25, 0.3) is 0 Å². The molecule has 2 aliphatic rings. The predicted octanol–water partition coefficient (Wildman–Crippen LogP) is 1.65. The number of guanidine groups is 1. The van der Waals surface area contributed by atoms with Crippen LogP contribution >= 0.6 is 0 Å². The smallest absolute Gasteiger partial charge is 0.191 e. The summed E-state index contributed by atoms with van der Waals surface area (Å²) in [6.45, 7) is 4.34. The molecule has 0 saturated heterocycles. The van der Waals surface area contributed by atoms with Gasteiger partial charge in [-0.1, -0.05) is 19.8 Å². The minimum atomic E-state index is 0.350. The molecule has 0 unspecified atom stereocenters. The topological polar surface area (TPSA) is 36.4 Å². The molecule has 0 aromatic carbocycles. The number of hydrogen-bond acceptors (Lipinski definition) is 3. The minimum Gasteiger partial charge on any atom is -0.356 e. The molecule has 80 valence electrons. The maximum atomic E-state index is 4.48. The van der Waals surface area contributed by atoms with Gasteiger partial charge in [0.2, 0.25) is 0 Å². The van der Waals surface area contributed by atoms with E-state index in [0.29, 0.717) is 5.54 Å². The summed E-state index contributed by atoms with van der Waals surface area (Å²) in [4.78, 5) is 4.48. The van der Waals surface area contributed by atoms with Gasteiger partial charge in [0.05, 0.1) is 0 Å². The lowest BCUT2D eigenvalue weighted by molar-refractivity contribution is 0.369. The van der Waals surface area contributed by atoms with Crippen molar-refractivity contribution in [1.82, 2.24) is 10.6 Å². The Bertz CT molecular complexity index is 217. The molecule has 2 N–H and O–H groups in total. The molecule has 1 saturated carbocycles. The van der Waals surface area contributed by atoms with Gasteiger partial charge in [-0.3, -0.25) is 4.99 Å². The molecule has 0 amide bonds. The first kappa shape index (κ1) is 9.81. The molecular formula is C11H21N3. The first-order chi connectivity index (χ1) is 6.85. The van der Waals surface area contributed by atoms with Gasteiger partial charge in [-0.25, -0.2) is 0 Å². The van der Waals surface area contributed by atoms with Crippen molar-refractivity contribution >= 4 is 5.96 Å². The summed E-state index contributed by atoms with van der Waals surface area (Å²) < 4.78 is 0. The maximum Gasteiger partial charge on any atom is 0.191 e. The van der Waals surface area contributed by atoms with E-state index in [1.54, 1.807) is 0 Å². The van der Waals surface area contributed by atoms with Crippen molar-refractivity contribution in [3.8, 4) is 0 Å². The standard InChI is InChI=1S/C11H21N3/c1-2-11(6-3-4-7-11)14-10-12-8-5-9-13-10/h2-9H2,1H3,(H2,12,13,14). The van der Waals surface area contributed by atoms with Crippen molar-refractivity contribution in [2.75, 3.05) is 13.1 Å². The zero-order chi connectivity index (χ0) is 9.86. The fourth-order valence-electron chi connectivity index (χ4n) is 2.49. The molecule has 0 aromatic rings. The first-order valence-corrected chi connectivity index (χ1v) is 5.91. The third kappa shape index (κ3) is 2.02. The number of aliphatic imine (C=N–C) groups is 1. The summed E-state index contributed by atoms with van der Waals surface area (Å²) in [5.74, 6) is 1.04. The van der Waals surface area contributed by atoms with Crippen LogP contribution in [-0.4, -0.2) is 24.6 Å². The summed E-state index contributed by atoms with van der Waals surface area (Å²) in [5.41, 5.74) is 0.350. The van der Waals surface area contributed by atoms with Gasteiger partial charge < -0.3 is 10.6 Å². The van der Waals surface area contributed by atoms with Gasteiger partial charge in [0.15, 0.2) is 5.96 Å². The lowest BCUT2D eigenvalue weighted by Gasteiger charge is -2.32. The highest BCUT2D eigenvalue weighted by atomic mass is 15.2. The van der Waals surface area contributed by atoms with Crippen molar-refractivity contribution in [3.05, 3.63) is 0 Å². The molecule has 3 nitrogen and oxygen atoms in total. The van der Waals surface area contributed by atoms with Gasteiger partial charge in [0, 0.05) is 18.6 Å². The SMILES string of the molecule is CCC1(NC2=NCCCN2)CCCC1. The first-order valence-electron chi connectivity index (χ1n) is 5.91. The Kier molecular flexibility index (Phi) is 2.94. The average molecular weight is 195 g/mol. The highest BCUT2D eigenvalue weighted by Crippen LogP contribution is 2.32. The highest BCUT2D eigenvalue weighted by Gasteiger charge is 2.32. The third-order valence-corrected chi connectivity index (χ3v) is 3.52. The lowest BCUT2D eigenvalue weighted by Crippen LogP contribution is -2.52. The Labute approximate surface area is 86.4 Å². The molecule has 0 aromatic heterocycles. The van der Waals surface area contributed by atoms with Gasteiger partial charge in [-0.15, -0.1) is 0 Å². The quantitative estimate of drug-likeness (QED) is 0.703. The molecule has 14 heavy (non-hydrogen) atoms. The van der Waals surface area contributed by atoms with Crippen LogP contribution in [0.1, 0.15) is 45.4 Å². The van der Waals surface area contributed by atoms with Crippen LogP contribution in [0.25, 0.3) is 0 Å². The fraction of sp³-hybridized carbons (Fsp3) is 0.909. The van der Waals surface area contributed by atoms with Crippen LogP contribution in [0, 0.1) is 0 Å². The van der Waals surface area contributed by atoms with E-state index in [2.05, 4.69) is 22.5 Å². The maximum absolute atomic E-state index is 4.48. The molecular weight excluding hydrogens is 174 g/mol. The summed E-state index contributed by atoms with van der Waals surface area (Å²) in [6.07, 6.45) is 7.74. The van der Waals surface area contributed by atoms with Crippen LogP contribution in [0.5, 0.6) is 0 Å². The molecule has 0 bridgehead atoms. The molecule has 1 aliphatic heterocycles. The van der Waals surface area contributed by atoms with Crippen molar-refractivity contribution in [1.29, 1.82) is 0 Å². The van der Waals surface area contributed by atoms with Gasteiger partial charge in [-0.05, 0) is 25.7 Å². The molecule has 2 rings (SSSR count). The lowest BCUT2D eigenvalue weighted by atomic mass is 9.94. The van der Waals surface area contributed by atoms with Crippen LogP contribution in [-0.2, 0) is 0 Å². The summed E-state index contributed by atoms with van der Waals surface area (Å²) >= 11 is 0. The molecule has 1 aliphatic carbocycles. The number of nitrogens with one attached hydrogen (secondary N) is 2. The van der Waals surface area contributed by atoms with Crippen LogP contribution in [0.15, 0.2) is 4.99 Å². The van der Waals surface area contributed by atoms with E-state index >= 15 is 0 Å². The summed E-state index contributed by atoms with van der Waals surface area (Å²) in [6, 6.07) is 0. The Morgan fingerprint density at radius 2 is 2.14 bits per heavy atom. The van der Waals surface area contributed by atoms with E-state index in [-0.39, 0.29) is 0 Å². The monoisotopic (exact) mass is 195 g/mol. The zero-order valence-corrected chi connectivity index (χ0v) is 9.10. The molecule has 0 atom stereocenters. The zero-order valence-electron chi connectivity index (χ0n) is 9.10. The molecule has 3 heteroatoms. The van der Waals surface area contributed by atoms with Gasteiger partial charge >= 0.3 is 0 Å². The third-order valence-electron chi connectivity index (χ3n) is 3.52. The number of nitrogens with zero attached hydrogens (tertiary/aromatic N) is 1. The van der Waals surface area contributed by atoms with Gasteiger partial charge in [0.1, 0.15) is 0 Å². The average Bonchev–Trinajstić information content (AvgIpc) is 2.69. The van der Waals surface area contributed by atoms with Crippen LogP contribution in [0.3, 0.4) is 0 Å². The fourth-order valence-corrected chi connectivity index (χ4v) is 2.49. The van der Waals surface area contributed by atoms with Crippen molar-refractivity contribution in [2.24, 2.45) is 4.99 Å². The molecule has 1 heterocycles. The van der Waals surface area contributed by atoms with E-state index in [0.717, 1.165) is 19.0 Å². The van der Waals surface area contributed by atoms with Gasteiger partial charge in [-0.2, -0.15) is 0 Å². The Hall–Kier alpha value is -0.730. The van der Waals surface area contributed by atoms with E-state index < -0.39 is 0 Å². The Morgan fingerprint density at radius 1 is 1.36 bits per heavy atom. The van der Waals surface area contributed by atoms with Crippen LogP contribution < -0.4 is 10.6 Å². The normalized spacial score (nSPS) is 25.4. The Morgan fingerprint density at radius 3 is 2.71 bits per heavy atom. The van der Waals surface area contributed by atoms with E-state index in [9.17, 15) is 0 Å². The second-order valence-electron chi connectivity index (χ2n) is 4.48. The van der Waals surface area contributed by atoms with Crippen LogP contribution in [0.2, 0.25) is 0 Å². The molecule has 0 radical (unpaired) electrons. The molecule has 1 fully saturated rings. The minimum absolute atomic E-state index is 0.350. The second kappa shape index (κ2) is 4.20. The summed E-state index contributed by atoms with van der Waals surface area (Å²) in [7, 11) is 0. The summed E-state index contributed by atoms with van der Waals surface area (Å²) in [5, 5.41) is 6.96. The van der Waals surface area contributed by atoms with Crippen molar-refractivity contribution in [3.63, 3.8) is 0 Å². The van der Waals surface area contributed by atoms with Crippen molar-refractivity contribution in [2.45, 2.75) is 51.0 Å². The van der Waals surface area contributed by atoms with Crippen molar-refractivity contribution < 1.29 is 0 Å². The molecule has 0 spiro atoms. The van der Waals surface area contributed by atoms with E-state index in [1.165, 1.54) is 38.5 Å². The van der Waals surface area contributed by atoms with E-state index in [4.69, 9.17) is 0 Å². The number of hydrogen-bond donors (Lipinski definition) is 2. The van der Waals surface area contributed by atoms with Crippen LogP contribution in [0.4, 0.5) is 0 Å². The number of rotatable bonds is 2. The van der Waals surface area contributed by atoms with E-state index in [1.807, 2.05) is 0 Å². The second-order valence-corrected chi connectivity index (χ2v) is 4.48. The largest absolute Gasteiger partial charge is 0.356 e.